The molecule has 2 aromatic rings. The molecule has 1 unspecified atom stereocenters. The molecule has 0 spiro atoms. The second-order valence-electron chi connectivity index (χ2n) is 4.70. The molecule has 0 aliphatic carbocycles. The molecule has 19 heavy (non-hydrogen) atoms. The van der Waals surface area contributed by atoms with E-state index in [1.54, 1.807) is 6.07 Å². The molecule has 0 N–H and O–H groups in total. The minimum Gasteiger partial charge on any atom is -0.322 e. The molecule has 0 saturated carbocycles. The van der Waals surface area contributed by atoms with Crippen molar-refractivity contribution in [3.8, 4) is 0 Å². The van der Waals surface area contributed by atoms with Crippen molar-refractivity contribution >= 4 is 44.1 Å². The molecule has 4 nitrogen and oxygen atoms in total. The van der Waals surface area contributed by atoms with Crippen LogP contribution in [-0.2, 0) is 15.7 Å². The summed E-state index contributed by atoms with van der Waals surface area (Å²) in [7, 11) is -2.96. The van der Waals surface area contributed by atoms with Crippen LogP contribution in [0.25, 0.3) is 11.0 Å². The lowest BCUT2D eigenvalue weighted by atomic mass is 10.2. The van der Waals surface area contributed by atoms with Crippen molar-refractivity contribution in [2.75, 3.05) is 11.5 Å². The number of aromatic nitrogens is 2. The van der Waals surface area contributed by atoms with Gasteiger partial charge in [0.15, 0.2) is 9.84 Å². The second-order valence-corrected chi connectivity index (χ2v) is 7.60. The smallest absolute Gasteiger partial charge is 0.152 e. The molecular formula is C12H12Cl2N2O2S. The van der Waals surface area contributed by atoms with Gasteiger partial charge in [0.05, 0.1) is 39.5 Å². The summed E-state index contributed by atoms with van der Waals surface area (Å²) in [4.78, 5) is 4.44. The SMILES string of the molecule is O=S1(=O)CCC(n2c(CCl)nc3cccc(Cl)c32)C1. The summed E-state index contributed by atoms with van der Waals surface area (Å²) in [6.45, 7) is 0. The van der Waals surface area contributed by atoms with E-state index in [9.17, 15) is 8.42 Å². The number of alkyl halides is 1. The van der Waals surface area contributed by atoms with Gasteiger partial charge in [-0.2, -0.15) is 0 Å². The van der Waals surface area contributed by atoms with Crippen molar-refractivity contribution in [2.45, 2.75) is 18.3 Å². The zero-order valence-electron chi connectivity index (χ0n) is 10.0. The number of para-hydroxylation sites is 1. The highest BCUT2D eigenvalue weighted by molar-refractivity contribution is 7.91. The van der Waals surface area contributed by atoms with Gasteiger partial charge in [0, 0.05) is 0 Å². The van der Waals surface area contributed by atoms with Gasteiger partial charge in [-0.25, -0.2) is 13.4 Å². The number of nitrogens with zero attached hydrogens (tertiary/aromatic N) is 2. The Morgan fingerprint density at radius 2 is 2.21 bits per heavy atom. The lowest BCUT2D eigenvalue weighted by molar-refractivity contribution is 0.554. The van der Waals surface area contributed by atoms with Crippen LogP contribution in [0.5, 0.6) is 0 Å². The van der Waals surface area contributed by atoms with Gasteiger partial charge in [0.1, 0.15) is 5.82 Å². The second kappa shape index (κ2) is 4.65. The Balaban J connectivity index is 2.22. The number of hydrogen-bond acceptors (Lipinski definition) is 3. The van der Waals surface area contributed by atoms with Gasteiger partial charge < -0.3 is 4.57 Å². The van der Waals surface area contributed by atoms with E-state index in [2.05, 4.69) is 4.98 Å². The van der Waals surface area contributed by atoms with E-state index in [4.69, 9.17) is 23.2 Å². The molecule has 1 aromatic carbocycles. The van der Waals surface area contributed by atoms with Crippen molar-refractivity contribution < 1.29 is 8.42 Å². The maximum Gasteiger partial charge on any atom is 0.152 e. The molecule has 3 rings (SSSR count). The molecule has 0 bridgehead atoms. The molecule has 1 atom stereocenters. The molecular weight excluding hydrogens is 307 g/mol. The highest BCUT2D eigenvalue weighted by Gasteiger charge is 2.31. The summed E-state index contributed by atoms with van der Waals surface area (Å²) in [5, 5.41) is 0.575. The van der Waals surface area contributed by atoms with Gasteiger partial charge in [-0.1, -0.05) is 17.7 Å². The number of rotatable bonds is 2. The van der Waals surface area contributed by atoms with Crippen LogP contribution in [-0.4, -0.2) is 29.5 Å². The van der Waals surface area contributed by atoms with Gasteiger partial charge in [0.2, 0.25) is 0 Å². The van der Waals surface area contributed by atoms with Crippen LogP contribution in [0, 0.1) is 0 Å². The normalized spacial score (nSPS) is 22.1. The van der Waals surface area contributed by atoms with E-state index in [0.717, 1.165) is 11.0 Å². The number of halogens is 2. The quantitative estimate of drug-likeness (QED) is 0.800. The molecule has 1 aliphatic heterocycles. The predicted molar refractivity (Wildman–Crippen MR) is 76.6 cm³/mol. The van der Waals surface area contributed by atoms with Gasteiger partial charge in [-0.05, 0) is 18.6 Å². The molecule has 1 aliphatic rings. The van der Waals surface area contributed by atoms with Crippen molar-refractivity contribution in [2.24, 2.45) is 0 Å². The monoisotopic (exact) mass is 318 g/mol. The highest BCUT2D eigenvalue weighted by atomic mass is 35.5. The lowest BCUT2D eigenvalue weighted by Crippen LogP contribution is -2.13. The first-order chi connectivity index (χ1) is 9.02. The average molecular weight is 319 g/mol. The van der Waals surface area contributed by atoms with Crippen LogP contribution < -0.4 is 0 Å². The van der Waals surface area contributed by atoms with E-state index >= 15 is 0 Å². The Bertz CT molecular complexity index is 740. The standard InChI is InChI=1S/C12H12Cl2N2O2S/c13-6-11-15-10-3-1-2-9(14)12(10)16(11)8-4-5-19(17,18)7-8/h1-3,8H,4-7H2. The Labute approximate surface area is 121 Å². The number of benzene rings is 1. The van der Waals surface area contributed by atoms with Gasteiger partial charge >= 0.3 is 0 Å². The Kier molecular flexibility index (Phi) is 3.23. The zero-order chi connectivity index (χ0) is 13.6. The molecule has 1 saturated heterocycles. The van der Waals surface area contributed by atoms with Crippen LogP contribution in [0.3, 0.4) is 0 Å². The van der Waals surface area contributed by atoms with Crippen LogP contribution in [0.4, 0.5) is 0 Å². The van der Waals surface area contributed by atoms with E-state index in [-0.39, 0.29) is 23.4 Å². The molecule has 0 amide bonds. The topological polar surface area (TPSA) is 52.0 Å². The third kappa shape index (κ3) is 2.24. The molecule has 2 heterocycles. The Hall–Kier alpha value is -0.780. The summed E-state index contributed by atoms with van der Waals surface area (Å²) in [5.41, 5.74) is 1.54. The van der Waals surface area contributed by atoms with Crippen molar-refractivity contribution in [1.29, 1.82) is 0 Å². The van der Waals surface area contributed by atoms with E-state index < -0.39 is 9.84 Å². The number of fused-ring (bicyclic) bond motifs is 1. The van der Waals surface area contributed by atoms with Crippen molar-refractivity contribution in [3.05, 3.63) is 29.0 Å². The van der Waals surface area contributed by atoms with Gasteiger partial charge in [-0.3, -0.25) is 0 Å². The summed E-state index contributed by atoms with van der Waals surface area (Å²) < 4.78 is 25.2. The summed E-state index contributed by atoms with van der Waals surface area (Å²) >= 11 is 12.2. The third-order valence-corrected chi connectivity index (χ3v) is 5.72. The number of sulfone groups is 1. The summed E-state index contributed by atoms with van der Waals surface area (Å²) in [6.07, 6.45) is 0.586. The molecule has 1 fully saturated rings. The fourth-order valence-electron chi connectivity index (χ4n) is 2.62. The van der Waals surface area contributed by atoms with E-state index in [1.165, 1.54) is 0 Å². The fraction of sp³-hybridized carbons (Fsp3) is 0.417. The Morgan fingerprint density at radius 3 is 2.84 bits per heavy atom. The molecule has 1 aromatic heterocycles. The minimum atomic E-state index is -2.96. The van der Waals surface area contributed by atoms with Gasteiger partial charge in [-0.15, -0.1) is 11.6 Å². The molecule has 7 heteroatoms. The average Bonchev–Trinajstić information content (AvgIpc) is 2.89. The van der Waals surface area contributed by atoms with Crippen LogP contribution >= 0.6 is 23.2 Å². The zero-order valence-corrected chi connectivity index (χ0v) is 12.3. The Morgan fingerprint density at radius 1 is 1.42 bits per heavy atom. The van der Waals surface area contributed by atoms with Crippen molar-refractivity contribution in [1.82, 2.24) is 9.55 Å². The first-order valence-corrected chi connectivity index (χ1v) is 8.67. The van der Waals surface area contributed by atoms with Gasteiger partial charge in [0.25, 0.3) is 0 Å². The van der Waals surface area contributed by atoms with Crippen LogP contribution in [0.1, 0.15) is 18.3 Å². The largest absolute Gasteiger partial charge is 0.322 e. The van der Waals surface area contributed by atoms with Crippen LogP contribution in [0.15, 0.2) is 18.2 Å². The number of imidazole rings is 1. The summed E-state index contributed by atoms with van der Waals surface area (Å²) in [6, 6.07) is 5.34. The molecule has 102 valence electrons. The lowest BCUT2D eigenvalue weighted by Gasteiger charge is -2.14. The van der Waals surface area contributed by atoms with Crippen molar-refractivity contribution in [3.63, 3.8) is 0 Å². The highest BCUT2D eigenvalue weighted by Crippen LogP contribution is 2.33. The first kappa shape index (κ1) is 13.2. The first-order valence-electron chi connectivity index (χ1n) is 5.93. The maximum absolute atomic E-state index is 11.7. The summed E-state index contributed by atoms with van der Waals surface area (Å²) in [5.74, 6) is 1.26. The predicted octanol–water partition coefficient (Wildman–Crippen LogP) is 2.79. The minimum absolute atomic E-state index is 0.122. The number of hydrogen-bond donors (Lipinski definition) is 0. The van der Waals surface area contributed by atoms with E-state index in [1.807, 2.05) is 16.7 Å². The molecule has 0 radical (unpaired) electrons. The van der Waals surface area contributed by atoms with E-state index in [0.29, 0.717) is 17.3 Å². The van der Waals surface area contributed by atoms with Crippen LogP contribution in [0.2, 0.25) is 5.02 Å². The third-order valence-electron chi connectivity index (χ3n) is 3.43. The fourth-order valence-corrected chi connectivity index (χ4v) is 4.77. The maximum atomic E-state index is 11.7.